The van der Waals surface area contributed by atoms with E-state index in [0.29, 0.717) is 25.0 Å². The van der Waals surface area contributed by atoms with E-state index in [-0.39, 0.29) is 11.9 Å². The van der Waals surface area contributed by atoms with Crippen molar-refractivity contribution in [2.24, 2.45) is 11.7 Å². The molecule has 1 fully saturated rings. The Hall–Kier alpha value is -1.39. The van der Waals surface area contributed by atoms with Crippen LogP contribution in [0.15, 0.2) is 24.3 Å². The van der Waals surface area contributed by atoms with Gasteiger partial charge >= 0.3 is 0 Å². The largest absolute Gasteiger partial charge is 0.377 e. The number of hydrogen-bond acceptors (Lipinski definition) is 3. The fourth-order valence-electron chi connectivity index (χ4n) is 3.94. The zero-order valence-electron chi connectivity index (χ0n) is 14.0. The molecule has 4 heteroatoms. The highest BCUT2D eigenvalue weighted by molar-refractivity contribution is 5.80. The second-order valence-electron chi connectivity index (χ2n) is 7.03. The molecule has 1 aromatic carbocycles. The summed E-state index contributed by atoms with van der Waals surface area (Å²) in [5.74, 6) is 0.420. The number of carbonyl (C=O) groups excluding carboxylic acids is 1. The van der Waals surface area contributed by atoms with Crippen molar-refractivity contribution in [1.29, 1.82) is 0 Å². The molecule has 0 bridgehead atoms. The quantitative estimate of drug-likeness (QED) is 0.908. The molecule has 3 rings (SSSR count). The average Bonchev–Trinajstić information content (AvgIpc) is 2.56. The predicted octanol–water partition coefficient (Wildman–Crippen LogP) is 2.49. The monoisotopic (exact) mass is 316 g/mol. The van der Waals surface area contributed by atoms with Crippen molar-refractivity contribution in [2.75, 3.05) is 13.2 Å². The van der Waals surface area contributed by atoms with E-state index >= 15 is 0 Å². The Bertz CT molecular complexity index is 546. The summed E-state index contributed by atoms with van der Waals surface area (Å²) in [6.07, 6.45) is 6.14. The molecule has 2 aliphatic rings. The number of amides is 1. The van der Waals surface area contributed by atoms with Crippen LogP contribution >= 0.6 is 0 Å². The van der Waals surface area contributed by atoms with Crippen LogP contribution in [0.4, 0.5) is 0 Å². The molecule has 1 saturated carbocycles. The van der Waals surface area contributed by atoms with Crippen molar-refractivity contribution in [1.82, 2.24) is 4.90 Å². The third-order valence-corrected chi connectivity index (χ3v) is 5.42. The van der Waals surface area contributed by atoms with Crippen LogP contribution in [-0.4, -0.2) is 36.1 Å². The van der Waals surface area contributed by atoms with Gasteiger partial charge in [-0.25, -0.2) is 0 Å². The fourth-order valence-corrected chi connectivity index (χ4v) is 3.94. The summed E-state index contributed by atoms with van der Waals surface area (Å²) in [6.45, 7) is 4.52. The minimum absolute atomic E-state index is 0.211. The van der Waals surface area contributed by atoms with E-state index in [2.05, 4.69) is 30.0 Å². The van der Waals surface area contributed by atoms with Crippen LogP contribution in [0.3, 0.4) is 0 Å². The summed E-state index contributed by atoms with van der Waals surface area (Å²) in [4.78, 5) is 14.0. The summed E-state index contributed by atoms with van der Waals surface area (Å²) >= 11 is 0. The lowest BCUT2D eigenvalue weighted by Crippen LogP contribution is -2.49. The number of carbonyl (C=O) groups is 1. The second-order valence-corrected chi connectivity index (χ2v) is 7.03. The van der Waals surface area contributed by atoms with Gasteiger partial charge in [0.05, 0.1) is 18.8 Å². The molecular formula is C19H28N2O2. The highest BCUT2D eigenvalue weighted by Gasteiger charge is 2.30. The van der Waals surface area contributed by atoms with Gasteiger partial charge in [0.25, 0.3) is 0 Å². The summed E-state index contributed by atoms with van der Waals surface area (Å²) in [7, 11) is 0. The van der Waals surface area contributed by atoms with Gasteiger partial charge in [0.1, 0.15) is 0 Å². The van der Waals surface area contributed by atoms with Gasteiger partial charge < -0.3 is 10.5 Å². The fraction of sp³-hybridized carbons (Fsp3) is 0.632. The van der Waals surface area contributed by atoms with E-state index in [0.717, 1.165) is 13.1 Å². The molecule has 0 aromatic heterocycles. The molecule has 1 aliphatic carbocycles. The Morgan fingerprint density at radius 2 is 2.00 bits per heavy atom. The van der Waals surface area contributed by atoms with Crippen LogP contribution in [0.2, 0.25) is 0 Å². The highest BCUT2D eigenvalue weighted by Crippen LogP contribution is 2.27. The van der Waals surface area contributed by atoms with Gasteiger partial charge in [0.2, 0.25) is 5.91 Å². The van der Waals surface area contributed by atoms with Crippen LogP contribution in [-0.2, 0) is 22.5 Å². The summed E-state index contributed by atoms with van der Waals surface area (Å²) in [5, 5.41) is 0. The molecule has 2 N–H and O–H groups in total. The lowest BCUT2D eigenvalue weighted by Gasteiger charge is -2.36. The summed E-state index contributed by atoms with van der Waals surface area (Å²) < 4.78 is 6.12. The van der Waals surface area contributed by atoms with Gasteiger partial charge in [-0.2, -0.15) is 0 Å². The maximum Gasteiger partial charge on any atom is 0.235 e. The average molecular weight is 316 g/mol. The standard InChI is InChI=1S/C19H28N2O2/c1-14-6-2-5-9-18(14)23-11-10-21-13-16-8-4-3-7-15(16)12-17(21)19(20)22/h3-4,7-8,14,17-18H,2,5-6,9-13H2,1H3,(H2,20,22)/t14?,17-,18?/m0/s1. The van der Waals surface area contributed by atoms with E-state index in [1.165, 1.54) is 36.8 Å². The van der Waals surface area contributed by atoms with Crippen LogP contribution in [0.25, 0.3) is 0 Å². The number of benzene rings is 1. The van der Waals surface area contributed by atoms with E-state index in [1.54, 1.807) is 0 Å². The number of fused-ring (bicyclic) bond motifs is 1. The number of primary amides is 1. The maximum absolute atomic E-state index is 11.8. The van der Waals surface area contributed by atoms with E-state index in [4.69, 9.17) is 10.5 Å². The Balaban J connectivity index is 1.58. The molecule has 4 nitrogen and oxygen atoms in total. The van der Waals surface area contributed by atoms with Gasteiger partial charge in [-0.05, 0) is 36.3 Å². The zero-order chi connectivity index (χ0) is 16.2. The topological polar surface area (TPSA) is 55.6 Å². The normalized spacial score (nSPS) is 28.3. The minimum atomic E-state index is -0.231. The highest BCUT2D eigenvalue weighted by atomic mass is 16.5. The molecular weight excluding hydrogens is 288 g/mol. The number of nitrogens with two attached hydrogens (primary N) is 1. The minimum Gasteiger partial charge on any atom is -0.377 e. The Labute approximate surface area is 139 Å². The lowest BCUT2D eigenvalue weighted by atomic mass is 9.88. The van der Waals surface area contributed by atoms with Gasteiger partial charge in [-0.1, -0.05) is 44.0 Å². The van der Waals surface area contributed by atoms with E-state index in [9.17, 15) is 4.79 Å². The molecule has 2 unspecified atom stereocenters. The molecule has 23 heavy (non-hydrogen) atoms. The van der Waals surface area contributed by atoms with Crippen LogP contribution in [0.5, 0.6) is 0 Å². The molecule has 0 radical (unpaired) electrons. The molecule has 0 saturated heterocycles. The summed E-state index contributed by atoms with van der Waals surface area (Å²) in [5.41, 5.74) is 8.18. The van der Waals surface area contributed by atoms with Crippen LogP contribution < -0.4 is 5.73 Å². The number of rotatable bonds is 5. The molecule has 1 aliphatic heterocycles. The Morgan fingerprint density at radius 1 is 1.26 bits per heavy atom. The predicted molar refractivity (Wildman–Crippen MR) is 90.9 cm³/mol. The Kier molecular flexibility index (Phi) is 5.34. The van der Waals surface area contributed by atoms with Crippen molar-refractivity contribution >= 4 is 5.91 Å². The van der Waals surface area contributed by atoms with Gasteiger partial charge in [-0.3, -0.25) is 9.69 Å². The molecule has 1 heterocycles. The van der Waals surface area contributed by atoms with Crippen molar-refractivity contribution in [3.05, 3.63) is 35.4 Å². The zero-order valence-corrected chi connectivity index (χ0v) is 14.0. The Morgan fingerprint density at radius 3 is 2.74 bits per heavy atom. The lowest BCUT2D eigenvalue weighted by molar-refractivity contribution is -0.124. The molecule has 1 amide bonds. The summed E-state index contributed by atoms with van der Waals surface area (Å²) in [6, 6.07) is 8.12. The molecule has 0 spiro atoms. The van der Waals surface area contributed by atoms with Crippen molar-refractivity contribution in [3.8, 4) is 0 Å². The SMILES string of the molecule is CC1CCCCC1OCCN1Cc2ccccc2C[C@H]1C(N)=O. The van der Waals surface area contributed by atoms with Crippen LogP contribution in [0.1, 0.15) is 43.7 Å². The smallest absolute Gasteiger partial charge is 0.235 e. The number of hydrogen-bond donors (Lipinski definition) is 1. The molecule has 126 valence electrons. The van der Waals surface area contributed by atoms with Crippen LogP contribution in [0, 0.1) is 5.92 Å². The first-order valence-corrected chi connectivity index (χ1v) is 8.87. The first-order chi connectivity index (χ1) is 11.1. The number of nitrogens with zero attached hydrogens (tertiary/aromatic N) is 1. The van der Waals surface area contributed by atoms with Crippen molar-refractivity contribution in [3.63, 3.8) is 0 Å². The first kappa shape index (κ1) is 16.5. The maximum atomic E-state index is 11.8. The van der Waals surface area contributed by atoms with E-state index < -0.39 is 0 Å². The third-order valence-electron chi connectivity index (χ3n) is 5.42. The van der Waals surface area contributed by atoms with Crippen molar-refractivity contribution in [2.45, 2.75) is 57.7 Å². The third kappa shape index (κ3) is 3.93. The van der Waals surface area contributed by atoms with Gasteiger partial charge in [-0.15, -0.1) is 0 Å². The van der Waals surface area contributed by atoms with E-state index in [1.807, 2.05) is 6.07 Å². The second kappa shape index (κ2) is 7.45. The van der Waals surface area contributed by atoms with Crippen molar-refractivity contribution < 1.29 is 9.53 Å². The van der Waals surface area contributed by atoms with Gasteiger partial charge in [0.15, 0.2) is 0 Å². The molecule has 1 aromatic rings. The van der Waals surface area contributed by atoms with Gasteiger partial charge in [0, 0.05) is 13.1 Å². The molecule has 3 atom stereocenters. The first-order valence-electron chi connectivity index (χ1n) is 8.87. The number of ether oxygens (including phenoxy) is 1.